The van der Waals surface area contributed by atoms with Gasteiger partial charge in [0.25, 0.3) is 15.9 Å². The van der Waals surface area contributed by atoms with E-state index in [9.17, 15) is 18.0 Å². The summed E-state index contributed by atoms with van der Waals surface area (Å²) in [7, 11) is -2.56. The Morgan fingerprint density at radius 2 is 1.80 bits per heavy atom. The Morgan fingerprint density at radius 1 is 1.10 bits per heavy atom. The Hall–Kier alpha value is -4.23. The molecule has 2 aliphatic rings. The van der Waals surface area contributed by atoms with Crippen LogP contribution >= 0.6 is 0 Å². The number of fused-ring (bicyclic) bond motifs is 4. The van der Waals surface area contributed by atoms with Crippen molar-refractivity contribution in [3.05, 3.63) is 65.2 Å². The van der Waals surface area contributed by atoms with Gasteiger partial charge in [0, 0.05) is 56.8 Å². The second-order valence-corrected chi connectivity index (χ2v) is 11.8. The number of hydrogen-bond acceptors (Lipinski definition) is 8. The van der Waals surface area contributed by atoms with E-state index in [1.807, 2.05) is 32.0 Å². The summed E-state index contributed by atoms with van der Waals surface area (Å²) >= 11 is 0. The van der Waals surface area contributed by atoms with Gasteiger partial charge < -0.3 is 25.0 Å². The van der Waals surface area contributed by atoms with E-state index in [0.717, 1.165) is 16.7 Å². The van der Waals surface area contributed by atoms with Gasteiger partial charge in [-0.25, -0.2) is 22.9 Å². The first-order valence-corrected chi connectivity index (χ1v) is 14.7. The van der Waals surface area contributed by atoms with Crippen LogP contribution in [0.5, 0.6) is 5.88 Å². The number of piperidine rings is 1. The summed E-state index contributed by atoms with van der Waals surface area (Å²) in [6.45, 7) is 5.24. The number of hydrogen-bond donors (Lipinski definition) is 3. The molecule has 2 aromatic carbocycles. The molecule has 1 fully saturated rings. The number of urea groups is 1. The van der Waals surface area contributed by atoms with Crippen LogP contribution in [0.1, 0.15) is 34.3 Å². The molecule has 1 saturated heterocycles. The van der Waals surface area contributed by atoms with Crippen LogP contribution in [0, 0.1) is 13.8 Å². The summed E-state index contributed by atoms with van der Waals surface area (Å²) in [5, 5.41) is 5.78. The molecule has 0 unspecified atom stereocenters. The lowest BCUT2D eigenvalue weighted by Crippen LogP contribution is -2.60. The lowest BCUT2D eigenvalue weighted by molar-refractivity contribution is -0.0162. The second kappa shape index (κ2) is 11.3. The quantitative estimate of drug-likeness (QED) is 0.399. The molecule has 3 aromatic rings. The number of rotatable bonds is 4. The fraction of sp³-hybridized carbons (Fsp3) is 0.357. The number of methoxy groups -OCH3 is 1. The van der Waals surface area contributed by atoms with Gasteiger partial charge in [0.2, 0.25) is 11.8 Å². The largest absolute Gasteiger partial charge is 0.451 e. The highest BCUT2D eigenvalue weighted by Crippen LogP contribution is 2.33. The van der Waals surface area contributed by atoms with Crippen LogP contribution in [-0.4, -0.2) is 74.3 Å². The number of amides is 3. The number of aryl methyl sites for hydroxylation is 2. The maximum Gasteiger partial charge on any atom is 0.317 e. The lowest BCUT2D eigenvalue weighted by atomic mass is 9.98. The van der Waals surface area contributed by atoms with Gasteiger partial charge >= 0.3 is 6.03 Å². The predicted octanol–water partition coefficient (Wildman–Crippen LogP) is 2.83. The molecule has 3 heterocycles. The van der Waals surface area contributed by atoms with E-state index in [4.69, 9.17) is 9.47 Å². The smallest absolute Gasteiger partial charge is 0.317 e. The monoisotopic (exact) mass is 580 g/mol. The van der Waals surface area contributed by atoms with Gasteiger partial charge in [-0.05, 0) is 43.2 Å². The molecule has 13 heteroatoms. The van der Waals surface area contributed by atoms with Gasteiger partial charge in [-0.3, -0.25) is 4.79 Å². The molecule has 216 valence electrons. The third-order valence-corrected chi connectivity index (χ3v) is 8.48. The molecule has 41 heavy (non-hydrogen) atoms. The molecule has 0 atom stereocenters. The fourth-order valence-corrected chi connectivity index (χ4v) is 6.02. The average Bonchev–Trinajstić information content (AvgIpc) is 2.93. The molecule has 1 aromatic heterocycles. The van der Waals surface area contributed by atoms with E-state index in [1.54, 1.807) is 18.1 Å². The Morgan fingerprint density at radius 3 is 2.51 bits per heavy atom. The zero-order valence-corrected chi connectivity index (χ0v) is 23.9. The highest BCUT2D eigenvalue weighted by Gasteiger charge is 2.41. The lowest BCUT2D eigenvalue weighted by Gasteiger charge is -2.41. The number of benzene rings is 2. The zero-order valence-electron chi connectivity index (χ0n) is 23.1. The summed E-state index contributed by atoms with van der Waals surface area (Å²) in [5.74, 6) is -0.592. The first-order chi connectivity index (χ1) is 19.6. The highest BCUT2D eigenvalue weighted by atomic mass is 32.2. The van der Waals surface area contributed by atoms with Crippen molar-refractivity contribution in [3.8, 4) is 17.1 Å². The standard InChI is InChI=1S/C28H32N6O6S/c1-18-6-4-7-19(2)24(18)22-17-23-31-26(30-22)33-41(37,38)21-9-5-8-20(16-21)25(35)32-28(40-23)10-13-34(14-11-28)27(36)29-12-15-39-3/h4-9,16-17H,10-15H2,1-3H3,(H,29,36)(H,32,35)(H,30,31,33). The molecule has 4 bridgehead atoms. The molecule has 5 rings (SSSR count). The summed E-state index contributed by atoms with van der Waals surface area (Å²) < 4.78 is 40.4. The van der Waals surface area contributed by atoms with Crippen molar-refractivity contribution in [1.82, 2.24) is 25.5 Å². The molecular weight excluding hydrogens is 548 g/mol. The normalized spacial score (nSPS) is 17.3. The van der Waals surface area contributed by atoms with Gasteiger partial charge in [0.15, 0.2) is 5.72 Å². The van der Waals surface area contributed by atoms with Crippen LogP contribution in [0.4, 0.5) is 10.7 Å². The minimum absolute atomic E-state index is 0.0814. The van der Waals surface area contributed by atoms with Crippen LogP contribution in [0.15, 0.2) is 53.4 Å². The van der Waals surface area contributed by atoms with Gasteiger partial charge in [-0.2, -0.15) is 4.98 Å². The highest BCUT2D eigenvalue weighted by molar-refractivity contribution is 7.92. The SMILES string of the molecule is COCCNC(=O)N1CCC2(CC1)NC(=O)c1cccc(c1)S(=O)(=O)Nc1nc(cc(-c3c(C)cccc3C)n1)O2. The van der Waals surface area contributed by atoms with E-state index in [1.165, 1.54) is 24.3 Å². The van der Waals surface area contributed by atoms with Crippen molar-refractivity contribution in [2.45, 2.75) is 37.3 Å². The third kappa shape index (κ3) is 6.10. The van der Waals surface area contributed by atoms with Crippen molar-refractivity contribution in [3.63, 3.8) is 0 Å². The zero-order chi connectivity index (χ0) is 29.2. The number of carbonyl (C=O) groups is 2. The van der Waals surface area contributed by atoms with E-state index < -0.39 is 21.7 Å². The minimum Gasteiger partial charge on any atom is -0.451 e. The Labute approximate surface area is 238 Å². The number of carbonyl (C=O) groups excluding carboxylic acids is 2. The van der Waals surface area contributed by atoms with Crippen LogP contribution in [0.25, 0.3) is 11.3 Å². The molecule has 3 N–H and O–H groups in total. The fourth-order valence-electron chi connectivity index (χ4n) is 5.03. The van der Waals surface area contributed by atoms with E-state index in [0.29, 0.717) is 31.9 Å². The number of nitrogens with one attached hydrogen (secondary N) is 3. The Balaban J connectivity index is 1.56. The van der Waals surface area contributed by atoms with Crippen LogP contribution in [-0.2, 0) is 14.8 Å². The molecule has 12 nitrogen and oxygen atoms in total. The average molecular weight is 581 g/mol. The topological polar surface area (TPSA) is 152 Å². The maximum absolute atomic E-state index is 13.4. The van der Waals surface area contributed by atoms with Gasteiger partial charge in [-0.15, -0.1) is 0 Å². The van der Waals surface area contributed by atoms with Crippen molar-refractivity contribution in [2.75, 3.05) is 38.1 Å². The summed E-state index contributed by atoms with van der Waals surface area (Å²) in [4.78, 5) is 36.5. The number of aromatic nitrogens is 2. The van der Waals surface area contributed by atoms with Crippen LogP contribution < -0.4 is 20.1 Å². The molecule has 0 saturated carbocycles. The number of ether oxygens (including phenoxy) is 2. The minimum atomic E-state index is -4.12. The summed E-state index contributed by atoms with van der Waals surface area (Å²) in [6, 6.07) is 12.9. The molecular formula is C28H32N6O6S. The summed E-state index contributed by atoms with van der Waals surface area (Å²) in [5.41, 5.74) is 2.08. The van der Waals surface area contributed by atoms with Crippen molar-refractivity contribution < 1.29 is 27.5 Å². The first-order valence-electron chi connectivity index (χ1n) is 13.2. The third-order valence-electron chi connectivity index (χ3n) is 7.15. The van der Waals surface area contributed by atoms with Crippen LogP contribution in [0.2, 0.25) is 0 Å². The number of anilines is 1. The van der Waals surface area contributed by atoms with Gasteiger partial charge in [0.05, 0.1) is 17.2 Å². The molecule has 0 aliphatic carbocycles. The van der Waals surface area contributed by atoms with E-state index in [-0.39, 0.29) is 41.2 Å². The number of likely N-dealkylation sites (tertiary alicyclic amines) is 1. The van der Waals surface area contributed by atoms with Gasteiger partial charge in [0.1, 0.15) is 0 Å². The molecule has 3 amide bonds. The van der Waals surface area contributed by atoms with E-state index >= 15 is 0 Å². The molecule has 1 spiro atoms. The second-order valence-electron chi connectivity index (χ2n) is 10.1. The maximum atomic E-state index is 13.4. The number of sulfonamides is 1. The van der Waals surface area contributed by atoms with E-state index in [2.05, 4.69) is 25.3 Å². The number of nitrogens with zero attached hydrogens (tertiary/aromatic N) is 3. The Kier molecular flexibility index (Phi) is 7.82. The predicted molar refractivity (Wildman–Crippen MR) is 151 cm³/mol. The van der Waals surface area contributed by atoms with Crippen molar-refractivity contribution in [2.24, 2.45) is 0 Å². The first kappa shape index (κ1) is 28.3. The molecule has 0 radical (unpaired) electrons. The summed E-state index contributed by atoms with van der Waals surface area (Å²) in [6.07, 6.45) is 0.528. The van der Waals surface area contributed by atoms with Crippen molar-refractivity contribution >= 4 is 27.9 Å². The molecule has 2 aliphatic heterocycles. The van der Waals surface area contributed by atoms with Crippen molar-refractivity contribution in [1.29, 1.82) is 0 Å². The van der Waals surface area contributed by atoms with Gasteiger partial charge in [-0.1, -0.05) is 24.3 Å². The Bertz CT molecular complexity index is 1570. The van der Waals surface area contributed by atoms with Crippen LogP contribution in [0.3, 0.4) is 0 Å².